The number of para-hydroxylation sites is 1. The summed E-state index contributed by atoms with van der Waals surface area (Å²) < 4.78 is 29.2. The molecule has 0 saturated heterocycles. The highest BCUT2D eigenvalue weighted by molar-refractivity contribution is 5.78. The average Bonchev–Trinajstić information content (AvgIpc) is 2.89. The summed E-state index contributed by atoms with van der Waals surface area (Å²) in [6, 6.07) is 15.2. The van der Waals surface area contributed by atoms with Gasteiger partial charge in [-0.15, -0.1) is 0 Å². The fourth-order valence-corrected chi connectivity index (χ4v) is 3.80. The smallest absolute Gasteiger partial charge is 0.269 e. The molecule has 2 aromatic carbocycles. The van der Waals surface area contributed by atoms with E-state index in [0.29, 0.717) is 28.6 Å². The predicted molar refractivity (Wildman–Crippen MR) is 136 cm³/mol. The summed E-state index contributed by atoms with van der Waals surface area (Å²) in [4.78, 5) is 30.3. The monoisotopic (exact) mass is 495 g/mol. The molecule has 0 aliphatic rings. The van der Waals surface area contributed by atoms with Crippen LogP contribution in [-0.2, 0) is 0 Å². The number of benzene rings is 2. The van der Waals surface area contributed by atoms with E-state index in [1.807, 2.05) is 6.07 Å². The Bertz CT molecular complexity index is 1730. The fourth-order valence-electron chi connectivity index (χ4n) is 3.80. The van der Waals surface area contributed by atoms with Gasteiger partial charge in [-0.2, -0.15) is 0 Å². The Hall–Kier alpha value is -5.17. The van der Waals surface area contributed by atoms with Crippen LogP contribution in [0.4, 0.5) is 20.4 Å². The number of nitrogens with two attached hydrogens (primary N) is 1. The van der Waals surface area contributed by atoms with Crippen LogP contribution < -0.4 is 16.6 Å². The van der Waals surface area contributed by atoms with Crippen molar-refractivity contribution in [1.29, 1.82) is 0 Å². The van der Waals surface area contributed by atoms with Crippen LogP contribution in [0.1, 0.15) is 30.0 Å². The minimum atomic E-state index is -0.651. The first kappa shape index (κ1) is 23.6. The lowest BCUT2D eigenvalue weighted by Gasteiger charge is -2.20. The number of fused-ring (bicyclic) bond motifs is 1. The van der Waals surface area contributed by atoms with E-state index < -0.39 is 23.2 Å². The van der Waals surface area contributed by atoms with E-state index in [2.05, 4.69) is 37.1 Å². The van der Waals surface area contributed by atoms with Crippen LogP contribution in [0.15, 0.2) is 78.0 Å². The summed E-state index contributed by atoms with van der Waals surface area (Å²) in [6.45, 7) is 1.78. The molecule has 0 fully saturated rings. The van der Waals surface area contributed by atoms with Crippen LogP contribution in [0.5, 0.6) is 0 Å². The lowest BCUT2D eigenvalue weighted by molar-refractivity contribution is 0.621. The van der Waals surface area contributed by atoms with E-state index in [4.69, 9.17) is 5.73 Å². The van der Waals surface area contributed by atoms with Crippen molar-refractivity contribution < 1.29 is 8.78 Å². The molecule has 37 heavy (non-hydrogen) atoms. The number of rotatable bonds is 4. The molecule has 0 aliphatic carbocycles. The third kappa shape index (κ3) is 4.70. The molecule has 0 radical (unpaired) electrons. The van der Waals surface area contributed by atoms with Gasteiger partial charge in [0.05, 0.1) is 23.4 Å². The highest BCUT2D eigenvalue weighted by Gasteiger charge is 2.21. The molecule has 3 N–H and O–H groups in total. The summed E-state index contributed by atoms with van der Waals surface area (Å²) in [6.07, 6.45) is 2.34. The molecular formula is C27H19F2N7O. The molecule has 5 rings (SSSR count). The number of hydrogen-bond donors (Lipinski definition) is 2. The van der Waals surface area contributed by atoms with Crippen molar-refractivity contribution in [3.63, 3.8) is 0 Å². The molecule has 0 amide bonds. The van der Waals surface area contributed by atoms with Crippen LogP contribution >= 0.6 is 0 Å². The van der Waals surface area contributed by atoms with Crippen LogP contribution in [0.3, 0.4) is 0 Å². The zero-order valence-electron chi connectivity index (χ0n) is 19.5. The van der Waals surface area contributed by atoms with E-state index in [1.54, 1.807) is 37.3 Å². The van der Waals surface area contributed by atoms with Crippen molar-refractivity contribution in [3.05, 3.63) is 112 Å². The normalized spacial score (nSPS) is 11.5. The first-order valence-corrected chi connectivity index (χ1v) is 11.2. The summed E-state index contributed by atoms with van der Waals surface area (Å²) in [5.41, 5.74) is 6.91. The third-order valence-electron chi connectivity index (χ3n) is 5.55. The molecule has 1 atom stereocenters. The fraction of sp³-hybridized carbons (Fsp3) is 0.0741. The number of nitrogens with one attached hydrogen (secondary N) is 1. The van der Waals surface area contributed by atoms with Gasteiger partial charge in [0.2, 0.25) is 0 Å². The van der Waals surface area contributed by atoms with Gasteiger partial charge in [0.25, 0.3) is 5.56 Å². The lowest BCUT2D eigenvalue weighted by Crippen LogP contribution is -2.28. The lowest BCUT2D eigenvalue weighted by atomic mass is 10.2. The number of nitrogens with zero attached hydrogens (tertiary/aromatic N) is 5. The van der Waals surface area contributed by atoms with Gasteiger partial charge in [-0.25, -0.2) is 28.7 Å². The second kappa shape index (κ2) is 9.83. The minimum Gasteiger partial charge on any atom is -0.382 e. The molecule has 0 spiro atoms. The summed E-state index contributed by atoms with van der Waals surface area (Å²) in [5, 5.41) is 3.10. The van der Waals surface area contributed by atoms with Gasteiger partial charge >= 0.3 is 0 Å². The second-order valence-corrected chi connectivity index (χ2v) is 8.04. The van der Waals surface area contributed by atoms with E-state index >= 15 is 0 Å². The molecule has 8 nitrogen and oxygen atoms in total. The summed E-state index contributed by atoms with van der Waals surface area (Å²) in [5.74, 6) is 5.31. The van der Waals surface area contributed by atoms with Gasteiger partial charge in [-0.3, -0.25) is 9.36 Å². The molecule has 10 heteroatoms. The van der Waals surface area contributed by atoms with Crippen LogP contribution in [0.25, 0.3) is 16.6 Å². The number of nitrogen functional groups attached to an aromatic ring is 1. The topological polar surface area (TPSA) is 112 Å². The molecule has 3 aromatic heterocycles. The van der Waals surface area contributed by atoms with Gasteiger partial charge in [0, 0.05) is 0 Å². The van der Waals surface area contributed by atoms with Crippen LogP contribution in [0.2, 0.25) is 0 Å². The van der Waals surface area contributed by atoms with Crippen molar-refractivity contribution in [2.24, 2.45) is 0 Å². The third-order valence-corrected chi connectivity index (χ3v) is 5.55. The predicted octanol–water partition coefficient (Wildman–Crippen LogP) is 4.00. The zero-order chi connectivity index (χ0) is 25.9. The van der Waals surface area contributed by atoms with Crippen molar-refractivity contribution in [3.8, 4) is 17.5 Å². The molecule has 5 aromatic rings. The average molecular weight is 495 g/mol. The summed E-state index contributed by atoms with van der Waals surface area (Å²) in [7, 11) is 0. The van der Waals surface area contributed by atoms with Gasteiger partial charge in [-0.1, -0.05) is 30.2 Å². The largest absolute Gasteiger partial charge is 0.382 e. The molecule has 0 bridgehead atoms. The molecule has 182 valence electrons. The van der Waals surface area contributed by atoms with Crippen molar-refractivity contribution in [1.82, 2.24) is 24.5 Å². The molecule has 0 saturated carbocycles. The Morgan fingerprint density at radius 3 is 2.54 bits per heavy atom. The van der Waals surface area contributed by atoms with Gasteiger partial charge in [-0.05, 0) is 49.2 Å². The maximum absolute atomic E-state index is 14.6. The van der Waals surface area contributed by atoms with Gasteiger partial charge in [0.1, 0.15) is 52.1 Å². The Morgan fingerprint density at radius 1 is 0.973 bits per heavy atom. The minimum absolute atomic E-state index is 0.105. The van der Waals surface area contributed by atoms with Crippen LogP contribution in [-0.4, -0.2) is 24.5 Å². The molecule has 3 heterocycles. The van der Waals surface area contributed by atoms with Gasteiger partial charge < -0.3 is 11.1 Å². The first-order chi connectivity index (χ1) is 17.9. The van der Waals surface area contributed by atoms with Gasteiger partial charge in [0.15, 0.2) is 0 Å². The quantitative estimate of drug-likeness (QED) is 0.363. The summed E-state index contributed by atoms with van der Waals surface area (Å²) >= 11 is 0. The van der Waals surface area contributed by atoms with E-state index in [1.165, 1.54) is 35.2 Å². The van der Waals surface area contributed by atoms with Crippen molar-refractivity contribution in [2.45, 2.75) is 13.0 Å². The Balaban J connectivity index is 1.61. The molecular weight excluding hydrogens is 476 g/mol. The highest BCUT2D eigenvalue weighted by atomic mass is 19.1. The number of aromatic nitrogens is 5. The van der Waals surface area contributed by atoms with Crippen molar-refractivity contribution in [2.75, 3.05) is 11.1 Å². The number of halogens is 2. The number of hydrogen-bond acceptors (Lipinski definition) is 7. The second-order valence-electron chi connectivity index (χ2n) is 8.04. The Morgan fingerprint density at radius 2 is 1.78 bits per heavy atom. The standard InChI is InChI=1S/C27H19F2N7O/c1-16(34-25-20(24(30)32-15-33-25)13-12-18-11-10-17(28)14-31-18)26-35-22-9-5-8-21(29)23(22)27(37)36(26)19-6-3-2-4-7-19/h2-11,14-16H,1H3,(H3,30,32,33,34). The molecule has 1 unspecified atom stereocenters. The SMILES string of the molecule is CC(Nc1ncnc(N)c1C#Cc1ccc(F)cn1)c1nc2cccc(F)c2c(=O)n1-c1ccccc1. The number of pyridine rings is 1. The Kier molecular flexibility index (Phi) is 6.26. The highest BCUT2D eigenvalue weighted by Crippen LogP contribution is 2.24. The maximum atomic E-state index is 14.6. The van der Waals surface area contributed by atoms with E-state index in [9.17, 15) is 13.6 Å². The van der Waals surface area contributed by atoms with Crippen molar-refractivity contribution >= 4 is 22.5 Å². The zero-order valence-corrected chi connectivity index (χ0v) is 19.5. The van der Waals surface area contributed by atoms with Crippen LogP contribution in [0, 0.1) is 23.5 Å². The van der Waals surface area contributed by atoms with E-state index in [-0.39, 0.29) is 16.7 Å². The molecule has 0 aliphatic heterocycles. The number of anilines is 2. The maximum Gasteiger partial charge on any atom is 0.269 e. The Labute approximate surface area is 209 Å². The van der Waals surface area contributed by atoms with E-state index in [0.717, 1.165) is 6.20 Å². The first-order valence-electron chi connectivity index (χ1n) is 11.2.